The van der Waals surface area contributed by atoms with Crippen LogP contribution in [0.4, 0.5) is 0 Å². The summed E-state index contributed by atoms with van der Waals surface area (Å²) < 4.78 is 6.23. The second-order valence-electron chi connectivity index (χ2n) is 11.9. The number of hydrogen-bond acceptors (Lipinski definition) is 1. The van der Waals surface area contributed by atoms with Crippen molar-refractivity contribution in [2.24, 2.45) is 0 Å². The van der Waals surface area contributed by atoms with Gasteiger partial charge in [-0.1, -0.05) is 90.4 Å². The fourth-order valence-corrected chi connectivity index (χ4v) is 9.04. The first kappa shape index (κ1) is 24.4. The number of nitrogens with zero attached hydrogens (tertiary/aromatic N) is 1. The van der Waals surface area contributed by atoms with Gasteiger partial charge in [0.05, 0.1) is 11.0 Å². The molecule has 0 saturated carbocycles. The molecule has 3 heteroatoms. The first-order valence-electron chi connectivity index (χ1n) is 14.4. The molecule has 42 heavy (non-hydrogen) atoms. The van der Waals surface area contributed by atoms with Crippen LogP contribution >= 0.6 is 27.3 Å². The molecule has 0 aliphatic heterocycles. The monoisotopic (exact) mass is 619 g/mol. The van der Waals surface area contributed by atoms with Crippen LogP contribution in [0.3, 0.4) is 0 Å². The van der Waals surface area contributed by atoms with Gasteiger partial charge in [0.2, 0.25) is 0 Å². The summed E-state index contributed by atoms with van der Waals surface area (Å²) in [5.74, 6) is 0. The minimum absolute atomic E-state index is 0.0454. The normalized spacial score (nSPS) is 13.8. The SMILES string of the molecule is CC1(C)c2ccccc2-c2cc3c4cc(-c5ccc6sc7cccc(Br)c7c6c5)ccc4n(-c4ccccc4)c3cc21. The lowest BCUT2D eigenvalue weighted by molar-refractivity contribution is 0.661. The van der Waals surface area contributed by atoms with E-state index in [0.717, 1.165) is 4.47 Å². The molecule has 6 aromatic carbocycles. The molecule has 0 spiro atoms. The maximum Gasteiger partial charge on any atom is 0.0544 e. The van der Waals surface area contributed by atoms with Gasteiger partial charge in [-0.05, 0) is 94.0 Å². The van der Waals surface area contributed by atoms with E-state index < -0.39 is 0 Å². The Hall–Kier alpha value is -4.18. The lowest BCUT2D eigenvalue weighted by Crippen LogP contribution is -2.14. The van der Waals surface area contributed by atoms with Crippen molar-refractivity contribution in [2.45, 2.75) is 19.3 Å². The number of fused-ring (bicyclic) bond motifs is 9. The first-order chi connectivity index (χ1) is 20.5. The average Bonchev–Trinajstić information content (AvgIpc) is 3.62. The molecule has 0 amide bonds. The van der Waals surface area contributed by atoms with Crippen molar-refractivity contribution >= 4 is 69.2 Å². The number of aromatic nitrogens is 1. The molecule has 0 N–H and O–H groups in total. The topological polar surface area (TPSA) is 4.93 Å². The molecule has 2 heterocycles. The zero-order chi connectivity index (χ0) is 28.2. The predicted molar refractivity (Wildman–Crippen MR) is 184 cm³/mol. The van der Waals surface area contributed by atoms with E-state index in [1.807, 2.05) is 11.3 Å². The molecule has 1 aliphatic carbocycles. The molecule has 0 saturated heterocycles. The van der Waals surface area contributed by atoms with Gasteiger partial charge in [-0.2, -0.15) is 0 Å². The van der Waals surface area contributed by atoms with Gasteiger partial charge >= 0.3 is 0 Å². The summed E-state index contributed by atoms with van der Waals surface area (Å²) in [6.45, 7) is 4.72. The summed E-state index contributed by atoms with van der Waals surface area (Å²) in [7, 11) is 0. The van der Waals surface area contributed by atoms with Crippen LogP contribution in [0.5, 0.6) is 0 Å². The highest BCUT2D eigenvalue weighted by Crippen LogP contribution is 2.51. The Morgan fingerprint density at radius 3 is 2.17 bits per heavy atom. The van der Waals surface area contributed by atoms with E-state index in [4.69, 9.17) is 0 Å². The van der Waals surface area contributed by atoms with Crippen molar-refractivity contribution in [1.29, 1.82) is 0 Å². The van der Waals surface area contributed by atoms with Crippen molar-refractivity contribution in [3.63, 3.8) is 0 Å². The number of hydrogen-bond donors (Lipinski definition) is 0. The summed E-state index contributed by atoms with van der Waals surface area (Å²) >= 11 is 5.67. The van der Waals surface area contributed by atoms with Crippen LogP contribution in [-0.4, -0.2) is 4.57 Å². The summed E-state index contributed by atoms with van der Waals surface area (Å²) in [4.78, 5) is 0. The Morgan fingerprint density at radius 2 is 1.31 bits per heavy atom. The molecule has 0 unspecified atom stereocenters. The number of benzene rings is 6. The first-order valence-corrected chi connectivity index (χ1v) is 16.0. The Balaban J connectivity index is 1.34. The maximum absolute atomic E-state index is 3.81. The van der Waals surface area contributed by atoms with Gasteiger partial charge < -0.3 is 4.57 Å². The van der Waals surface area contributed by atoms with Gasteiger partial charge in [0.1, 0.15) is 0 Å². The van der Waals surface area contributed by atoms with Gasteiger partial charge in [-0.3, -0.25) is 0 Å². The van der Waals surface area contributed by atoms with Crippen LogP contribution in [0.15, 0.2) is 126 Å². The van der Waals surface area contributed by atoms with E-state index in [1.165, 1.54) is 81.0 Å². The number of para-hydroxylation sites is 1. The molecular weight excluding hydrogens is 594 g/mol. The van der Waals surface area contributed by atoms with E-state index in [0.29, 0.717) is 0 Å². The standard InChI is InChI=1S/C39H26BrNS/c1-39(2)31-12-7-6-11-26(31)27-21-29-28-19-23(24-16-18-36-30(20-24)38-33(40)13-8-14-37(38)42-36)15-17-34(28)41(35(29)22-32(27)39)25-9-4-3-5-10-25/h3-22H,1-2H3. The third-order valence-corrected chi connectivity index (χ3v) is 11.1. The van der Waals surface area contributed by atoms with Crippen LogP contribution in [0.2, 0.25) is 0 Å². The summed E-state index contributed by atoms with van der Waals surface area (Å²) in [6, 6.07) is 45.0. The molecule has 0 bridgehead atoms. The largest absolute Gasteiger partial charge is 0.309 e. The molecule has 9 rings (SSSR count). The van der Waals surface area contributed by atoms with E-state index in [-0.39, 0.29) is 5.41 Å². The van der Waals surface area contributed by atoms with Crippen molar-refractivity contribution in [3.8, 4) is 27.9 Å². The van der Waals surface area contributed by atoms with Crippen molar-refractivity contribution in [3.05, 3.63) is 137 Å². The van der Waals surface area contributed by atoms with Crippen LogP contribution in [0, 0.1) is 0 Å². The fourth-order valence-electron chi connectivity index (χ4n) is 7.21. The second kappa shape index (κ2) is 8.67. The lowest BCUT2D eigenvalue weighted by atomic mass is 9.82. The highest BCUT2D eigenvalue weighted by Gasteiger charge is 2.36. The summed E-state index contributed by atoms with van der Waals surface area (Å²) in [5, 5.41) is 5.20. The van der Waals surface area contributed by atoms with Crippen LogP contribution in [-0.2, 0) is 5.41 Å². The number of halogens is 1. The summed E-state index contributed by atoms with van der Waals surface area (Å²) in [5.41, 5.74) is 11.6. The van der Waals surface area contributed by atoms with E-state index >= 15 is 0 Å². The smallest absolute Gasteiger partial charge is 0.0544 e. The maximum atomic E-state index is 3.81. The Labute approximate surface area is 256 Å². The fraction of sp³-hybridized carbons (Fsp3) is 0.0769. The molecule has 8 aromatic rings. The molecule has 1 nitrogen and oxygen atoms in total. The third kappa shape index (κ3) is 3.29. The summed E-state index contributed by atoms with van der Waals surface area (Å²) in [6.07, 6.45) is 0. The van der Waals surface area contributed by atoms with Crippen molar-refractivity contribution < 1.29 is 0 Å². The van der Waals surface area contributed by atoms with Gasteiger partial charge in [0.15, 0.2) is 0 Å². The van der Waals surface area contributed by atoms with Crippen molar-refractivity contribution in [1.82, 2.24) is 4.57 Å². The highest BCUT2D eigenvalue weighted by molar-refractivity contribution is 9.10. The minimum Gasteiger partial charge on any atom is -0.309 e. The second-order valence-corrected chi connectivity index (χ2v) is 13.9. The molecule has 0 radical (unpaired) electrons. The number of thiophene rings is 1. The lowest BCUT2D eigenvalue weighted by Gasteiger charge is -2.21. The average molecular weight is 621 g/mol. The van der Waals surface area contributed by atoms with E-state index in [2.05, 4.69) is 156 Å². The molecule has 0 atom stereocenters. The van der Waals surface area contributed by atoms with E-state index in [1.54, 1.807) is 0 Å². The van der Waals surface area contributed by atoms with Gasteiger partial charge in [-0.25, -0.2) is 0 Å². The zero-order valence-electron chi connectivity index (χ0n) is 23.3. The van der Waals surface area contributed by atoms with Crippen molar-refractivity contribution in [2.75, 3.05) is 0 Å². The Morgan fingerprint density at radius 1 is 0.571 bits per heavy atom. The molecule has 200 valence electrons. The molecular formula is C39H26BrNS. The van der Waals surface area contributed by atoms with Gasteiger partial charge in [-0.15, -0.1) is 11.3 Å². The Bertz CT molecular complexity index is 2390. The van der Waals surface area contributed by atoms with Gasteiger partial charge in [0.25, 0.3) is 0 Å². The predicted octanol–water partition coefficient (Wildman–Crippen LogP) is 11.9. The molecule has 0 fully saturated rings. The van der Waals surface area contributed by atoms with Gasteiger partial charge in [0, 0.05) is 46.5 Å². The molecule has 1 aliphatic rings. The molecule has 2 aromatic heterocycles. The van der Waals surface area contributed by atoms with E-state index in [9.17, 15) is 0 Å². The van der Waals surface area contributed by atoms with Crippen LogP contribution < -0.4 is 0 Å². The zero-order valence-corrected chi connectivity index (χ0v) is 25.7. The van der Waals surface area contributed by atoms with Crippen LogP contribution in [0.1, 0.15) is 25.0 Å². The van der Waals surface area contributed by atoms with Crippen LogP contribution in [0.25, 0.3) is 69.9 Å². The highest BCUT2D eigenvalue weighted by atomic mass is 79.9. The third-order valence-electron chi connectivity index (χ3n) is 9.26. The Kier molecular flexibility index (Phi) is 5.04. The quantitative estimate of drug-likeness (QED) is 0.181. The number of rotatable bonds is 2. The minimum atomic E-state index is -0.0454.